The van der Waals surface area contributed by atoms with E-state index in [0.29, 0.717) is 48.3 Å². The molecule has 1 heterocycles. The van der Waals surface area contributed by atoms with Crippen LogP contribution in [0.25, 0.3) is 0 Å². The number of benzene rings is 2. The zero-order valence-electron chi connectivity index (χ0n) is 18.4. The Morgan fingerprint density at radius 2 is 1.73 bits per heavy atom. The molecule has 0 aliphatic heterocycles. The minimum Gasteiger partial charge on any atom is -0.385 e. The predicted molar refractivity (Wildman–Crippen MR) is 134 cm³/mol. The van der Waals surface area contributed by atoms with Gasteiger partial charge in [0.1, 0.15) is 6.54 Å². The van der Waals surface area contributed by atoms with Gasteiger partial charge in [0.25, 0.3) is 5.91 Å². The molecule has 2 aromatic carbocycles. The first kappa shape index (κ1) is 25.2. The first-order valence-corrected chi connectivity index (χ1v) is 12.2. The number of methoxy groups -OCH3 is 1. The van der Waals surface area contributed by atoms with Crippen LogP contribution in [0.2, 0.25) is 10.0 Å². The summed E-state index contributed by atoms with van der Waals surface area (Å²) < 4.78 is 5.14. The van der Waals surface area contributed by atoms with Gasteiger partial charge in [-0.25, -0.2) is 0 Å². The van der Waals surface area contributed by atoms with Gasteiger partial charge in [-0.1, -0.05) is 59.6 Å². The van der Waals surface area contributed by atoms with Crippen LogP contribution in [0.1, 0.15) is 27.2 Å². The van der Waals surface area contributed by atoms with E-state index in [1.807, 2.05) is 47.8 Å². The van der Waals surface area contributed by atoms with Crippen LogP contribution < -0.4 is 0 Å². The van der Waals surface area contributed by atoms with Gasteiger partial charge in [-0.3, -0.25) is 9.59 Å². The fraction of sp³-hybridized carbons (Fsp3) is 0.280. The molecule has 174 valence electrons. The summed E-state index contributed by atoms with van der Waals surface area (Å²) in [7, 11) is 1.61. The monoisotopic (exact) mass is 504 g/mol. The summed E-state index contributed by atoms with van der Waals surface area (Å²) in [4.78, 5) is 31.1. The van der Waals surface area contributed by atoms with Crippen LogP contribution >= 0.6 is 34.5 Å². The minimum atomic E-state index is -0.270. The Hall–Kier alpha value is -2.38. The molecule has 33 heavy (non-hydrogen) atoms. The van der Waals surface area contributed by atoms with Gasteiger partial charge >= 0.3 is 0 Å². The van der Waals surface area contributed by atoms with E-state index in [-0.39, 0.29) is 18.4 Å². The molecule has 0 fully saturated rings. The molecule has 0 saturated heterocycles. The van der Waals surface area contributed by atoms with Gasteiger partial charge in [0.2, 0.25) is 5.91 Å². The second-order valence-corrected chi connectivity index (χ2v) is 9.36. The molecule has 0 saturated carbocycles. The van der Waals surface area contributed by atoms with Crippen molar-refractivity contribution >= 4 is 46.4 Å². The van der Waals surface area contributed by atoms with Crippen LogP contribution in [0.4, 0.5) is 0 Å². The Bertz CT molecular complexity index is 1050. The predicted octanol–water partition coefficient (Wildman–Crippen LogP) is 5.76. The molecular formula is C25H26Cl2N2O3S. The van der Waals surface area contributed by atoms with Gasteiger partial charge < -0.3 is 14.5 Å². The van der Waals surface area contributed by atoms with Crippen molar-refractivity contribution in [1.29, 1.82) is 0 Å². The van der Waals surface area contributed by atoms with Gasteiger partial charge in [0.05, 0.1) is 16.6 Å². The van der Waals surface area contributed by atoms with Crippen LogP contribution in [0, 0.1) is 0 Å². The molecule has 0 radical (unpaired) electrons. The summed E-state index contributed by atoms with van der Waals surface area (Å²) in [5, 5.41) is 2.67. The van der Waals surface area contributed by atoms with E-state index in [1.54, 1.807) is 40.4 Å². The van der Waals surface area contributed by atoms with E-state index < -0.39 is 0 Å². The number of rotatable bonds is 11. The minimum absolute atomic E-state index is 0.0407. The van der Waals surface area contributed by atoms with Crippen molar-refractivity contribution in [2.45, 2.75) is 19.5 Å². The van der Waals surface area contributed by atoms with E-state index in [4.69, 9.17) is 27.9 Å². The molecular weight excluding hydrogens is 479 g/mol. The lowest BCUT2D eigenvalue weighted by Gasteiger charge is -2.28. The van der Waals surface area contributed by atoms with Crippen LogP contribution in [0.15, 0.2) is 66.0 Å². The summed E-state index contributed by atoms with van der Waals surface area (Å²) in [5.41, 5.74) is 1.42. The third-order valence-corrected chi connectivity index (χ3v) is 6.65. The second-order valence-electron chi connectivity index (χ2n) is 7.52. The first-order valence-electron chi connectivity index (χ1n) is 10.5. The Morgan fingerprint density at radius 3 is 2.39 bits per heavy atom. The standard InChI is InChI=1S/C25H26Cl2N2O3S/c1-32-13-6-12-28(25(31)20-10-11-22(26)23(27)15-20)18-24(30)29(17-21-9-5-14-33-21)16-19-7-3-2-4-8-19/h2-5,7-11,14-15H,6,12-13,16-18H2,1H3. The Labute approximate surface area is 208 Å². The van der Waals surface area contributed by atoms with Crippen molar-refractivity contribution in [3.05, 3.63) is 92.1 Å². The first-order chi connectivity index (χ1) is 16.0. The highest BCUT2D eigenvalue weighted by atomic mass is 35.5. The number of carbonyl (C=O) groups is 2. The number of hydrogen-bond acceptors (Lipinski definition) is 4. The lowest BCUT2D eigenvalue weighted by atomic mass is 10.1. The maximum absolute atomic E-state index is 13.4. The topological polar surface area (TPSA) is 49.9 Å². The molecule has 0 unspecified atom stereocenters. The van der Waals surface area contributed by atoms with Crippen molar-refractivity contribution < 1.29 is 14.3 Å². The summed E-state index contributed by atoms with van der Waals surface area (Å²) in [6.45, 7) is 1.78. The fourth-order valence-electron chi connectivity index (χ4n) is 3.35. The molecule has 0 aliphatic carbocycles. The van der Waals surface area contributed by atoms with E-state index >= 15 is 0 Å². The van der Waals surface area contributed by atoms with Gasteiger partial charge in [-0.05, 0) is 41.6 Å². The lowest BCUT2D eigenvalue weighted by molar-refractivity contribution is -0.133. The highest BCUT2D eigenvalue weighted by molar-refractivity contribution is 7.09. The van der Waals surface area contributed by atoms with Crippen LogP contribution in [-0.4, -0.2) is 48.4 Å². The Kier molecular flexibility index (Phi) is 9.76. The number of nitrogens with zero attached hydrogens (tertiary/aromatic N) is 2. The molecule has 0 atom stereocenters. The van der Waals surface area contributed by atoms with Crippen molar-refractivity contribution in [3.8, 4) is 0 Å². The zero-order valence-corrected chi connectivity index (χ0v) is 20.7. The zero-order chi connectivity index (χ0) is 23.6. The van der Waals surface area contributed by atoms with Crippen LogP contribution in [0.3, 0.4) is 0 Å². The smallest absolute Gasteiger partial charge is 0.254 e. The van der Waals surface area contributed by atoms with Crippen LogP contribution in [0.5, 0.6) is 0 Å². The molecule has 3 rings (SSSR count). The van der Waals surface area contributed by atoms with Gasteiger partial charge in [-0.15, -0.1) is 11.3 Å². The number of thiophene rings is 1. The van der Waals surface area contributed by atoms with Crippen LogP contribution in [-0.2, 0) is 22.6 Å². The fourth-order valence-corrected chi connectivity index (χ4v) is 4.37. The maximum atomic E-state index is 13.4. The third-order valence-electron chi connectivity index (χ3n) is 5.05. The summed E-state index contributed by atoms with van der Waals surface area (Å²) in [5.74, 6) is -0.396. The molecule has 8 heteroatoms. The average Bonchev–Trinajstić information content (AvgIpc) is 3.33. The maximum Gasteiger partial charge on any atom is 0.254 e. The van der Waals surface area contributed by atoms with Crippen molar-refractivity contribution in [1.82, 2.24) is 9.80 Å². The lowest BCUT2D eigenvalue weighted by Crippen LogP contribution is -2.43. The van der Waals surface area contributed by atoms with Crippen molar-refractivity contribution in [3.63, 3.8) is 0 Å². The van der Waals surface area contributed by atoms with Crippen molar-refractivity contribution in [2.24, 2.45) is 0 Å². The summed E-state index contributed by atoms with van der Waals surface area (Å²) in [6.07, 6.45) is 0.612. The van der Waals surface area contributed by atoms with Gasteiger partial charge in [0, 0.05) is 37.2 Å². The highest BCUT2D eigenvalue weighted by Gasteiger charge is 2.23. The number of ether oxygens (including phenoxy) is 1. The van der Waals surface area contributed by atoms with E-state index in [9.17, 15) is 9.59 Å². The molecule has 2 amide bonds. The van der Waals surface area contributed by atoms with E-state index in [1.165, 1.54) is 6.07 Å². The summed E-state index contributed by atoms with van der Waals surface area (Å²) >= 11 is 13.7. The molecule has 3 aromatic rings. The third kappa shape index (κ3) is 7.57. The molecule has 0 N–H and O–H groups in total. The second kappa shape index (κ2) is 12.8. The van der Waals surface area contributed by atoms with E-state index in [0.717, 1.165) is 10.4 Å². The van der Waals surface area contributed by atoms with Crippen molar-refractivity contribution in [2.75, 3.05) is 26.8 Å². The summed E-state index contributed by atoms with van der Waals surface area (Å²) in [6, 6.07) is 18.6. The normalized spacial score (nSPS) is 10.8. The van der Waals surface area contributed by atoms with E-state index in [2.05, 4.69) is 0 Å². The molecule has 0 bridgehead atoms. The number of halogens is 2. The molecule has 5 nitrogen and oxygen atoms in total. The number of carbonyl (C=O) groups excluding carboxylic acids is 2. The highest BCUT2D eigenvalue weighted by Crippen LogP contribution is 2.23. The number of amides is 2. The average molecular weight is 505 g/mol. The van der Waals surface area contributed by atoms with Gasteiger partial charge in [-0.2, -0.15) is 0 Å². The Morgan fingerprint density at radius 1 is 0.939 bits per heavy atom. The quantitative estimate of drug-likeness (QED) is 0.311. The molecule has 0 aliphatic rings. The Balaban J connectivity index is 1.80. The van der Waals surface area contributed by atoms with Gasteiger partial charge in [0.15, 0.2) is 0 Å². The SMILES string of the molecule is COCCCN(CC(=O)N(Cc1ccccc1)Cc1cccs1)C(=O)c1ccc(Cl)c(Cl)c1. The number of hydrogen-bond donors (Lipinski definition) is 0. The molecule has 1 aromatic heterocycles. The largest absolute Gasteiger partial charge is 0.385 e. The molecule has 0 spiro atoms.